The summed E-state index contributed by atoms with van der Waals surface area (Å²) in [6.07, 6.45) is 1.70. The minimum absolute atomic E-state index is 0.0635. The first-order chi connectivity index (χ1) is 16.8. The average molecular weight is 482 g/mol. The minimum atomic E-state index is -3.31. The van der Waals surface area contributed by atoms with E-state index in [1.165, 1.54) is 0 Å². The van der Waals surface area contributed by atoms with Crippen molar-refractivity contribution in [2.45, 2.75) is 30.7 Å². The molecule has 1 saturated carbocycles. The maximum Gasteiger partial charge on any atom is 0.407 e. The standard InChI is InChI=1S/C26H24F2N2O5/c27-26(28)21(22(26)24(32)33)12-29-23(31)14-9-10-15(11-14)30-25(34)35-13-20-18-7-3-1-5-16(18)17-6-2-4-8-19(17)20/h1-9,15,20-22H,10-13H2,(H,29,31)(H,30,34)(H,32,33). The fourth-order valence-electron chi connectivity index (χ4n) is 5.12. The normalized spacial score (nSPS) is 23.6. The number of nitrogens with one attached hydrogen (secondary N) is 2. The van der Waals surface area contributed by atoms with Gasteiger partial charge in [0.15, 0.2) is 0 Å². The zero-order valence-corrected chi connectivity index (χ0v) is 18.7. The Morgan fingerprint density at radius 3 is 2.26 bits per heavy atom. The van der Waals surface area contributed by atoms with Gasteiger partial charge in [0.05, 0.1) is 5.92 Å². The number of aliphatic carboxylic acids is 1. The summed E-state index contributed by atoms with van der Waals surface area (Å²) in [4.78, 5) is 35.6. The van der Waals surface area contributed by atoms with Crippen molar-refractivity contribution in [3.8, 4) is 11.1 Å². The molecular formula is C26H24F2N2O5. The topological polar surface area (TPSA) is 105 Å². The van der Waals surface area contributed by atoms with Crippen LogP contribution < -0.4 is 10.6 Å². The highest BCUT2D eigenvalue weighted by molar-refractivity contribution is 5.94. The number of hydrogen-bond acceptors (Lipinski definition) is 4. The van der Waals surface area contributed by atoms with E-state index in [1.54, 1.807) is 6.08 Å². The van der Waals surface area contributed by atoms with Crippen molar-refractivity contribution in [1.29, 1.82) is 0 Å². The summed E-state index contributed by atoms with van der Waals surface area (Å²) >= 11 is 0. The first-order valence-corrected chi connectivity index (χ1v) is 11.5. The number of carbonyl (C=O) groups is 3. The molecule has 0 radical (unpaired) electrons. The molecule has 0 bridgehead atoms. The third kappa shape index (κ3) is 4.26. The van der Waals surface area contributed by atoms with Crippen LogP contribution >= 0.6 is 0 Å². The number of amides is 2. The molecule has 0 saturated heterocycles. The number of hydrogen-bond donors (Lipinski definition) is 3. The van der Waals surface area contributed by atoms with E-state index in [9.17, 15) is 23.2 Å². The van der Waals surface area contributed by atoms with Crippen molar-refractivity contribution >= 4 is 18.0 Å². The van der Waals surface area contributed by atoms with E-state index in [0.29, 0.717) is 12.0 Å². The lowest BCUT2D eigenvalue weighted by Gasteiger charge is -2.17. The van der Waals surface area contributed by atoms with Gasteiger partial charge in [-0.2, -0.15) is 0 Å². The molecule has 182 valence electrons. The molecule has 35 heavy (non-hydrogen) atoms. The number of rotatable bonds is 7. The lowest BCUT2D eigenvalue weighted by Crippen LogP contribution is -2.35. The fraction of sp³-hybridized carbons (Fsp3) is 0.346. The van der Waals surface area contributed by atoms with Gasteiger partial charge in [-0.05, 0) is 35.1 Å². The van der Waals surface area contributed by atoms with E-state index in [-0.39, 0.29) is 25.0 Å². The van der Waals surface area contributed by atoms with Gasteiger partial charge in [-0.25, -0.2) is 13.6 Å². The van der Waals surface area contributed by atoms with E-state index in [0.717, 1.165) is 22.3 Å². The third-order valence-electron chi connectivity index (χ3n) is 7.02. The third-order valence-corrected chi connectivity index (χ3v) is 7.02. The molecular weight excluding hydrogens is 458 g/mol. The fourth-order valence-corrected chi connectivity index (χ4v) is 5.12. The quantitative estimate of drug-likeness (QED) is 0.558. The largest absolute Gasteiger partial charge is 0.481 e. The summed E-state index contributed by atoms with van der Waals surface area (Å²) in [7, 11) is 0. The van der Waals surface area contributed by atoms with Crippen LogP contribution in [0, 0.1) is 11.8 Å². The number of carboxylic acids is 1. The van der Waals surface area contributed by atoms with Crippen LogP contribution in [0.2, 0.25) is 0 Å². The first kappa shape index (κ1) is 23.0. The van der Waals surface area contributed by atoms with E-state index < -0.39 is 42.3 Å². The predicted molar refractivity (Wildman–Crippen MR) is 122 cm³/mol. The molecule has 2 amide bonds. The molecule has 7 nitrogen and oxygen atoms in total. The predicted octanol–water partition coefficient (Wildman–Crippen LogP) is 3.70. The number of halogens is 2. The molecule has 3 aliphatic rings. The monoisotopic (exact) mass is 482 g/mol. The molecule has 5 rings (SSSR count). The second-order valence-electron chi connectivity index (χ2n) is 9.14. The van der Waals surface area contributed by atoms with Gasteiger partial charge in [0.25, 0.3) is 5.92 Å². The molecule has 0 aliphatic heterocycles. The number of carboxylic acid groups (broad SMARTS) is 1. The highest BCUT2D eigenvalue weighted by Crippen LogP contribution is 2.55. The molecule has 3 unspecified atom stereocenters. The van der Waals surface area contributed by atoms with Crippen LogP contribution in [0.1, 0.15) is 29.9 Å². The Hall–Kier alpha value is -3.75. The Kier molecular flexibility index (Phi) is 5.78. The van der Waals surface area contributed by atoms with E-state index in [4.69, 9.17) is 9.84 Å². The van der Waals surface area contributed by atoms with Gasteiger partial charge in [0.1, 0.15) is 12.5 Å². The highest BCUT2D eigenvalue weighted by Gasteiger charge is 2.72. The Morgan fingerprint density at radius 2 is 1.66 bits per heavy atom. The van der Waals surface area contributed by atoms with Gasteiger partial charge in [0, 0.05) is 24.1 Å². The molecule has 0 aromatic heterocycles. The van der Waals surface area contributed by atoms with E-state index >= 15 is 0 Å². The summed E-state index contributed by atoms with van der Waals surface area (Å²) < 4.78 is 32.5. The van der Waals surface area contributed by atoms with Crippen molar-refractivity contribution in [1.82, 2.24) is 10.6 Å². The first-order valence-electron chi connectivity index (χ1n) is 11.5. The van der Waals surface area contributed by atoms with Crippen LogP contribution in [0.4, 0.5) is 13.6 Å². The molecule has 1 fully saturated rings. The molecule has 9 heteroatoms. The second-order valence-corrected chi connectivity index (χ2v) is 9.14. The van der Waals surface area contributed by atoms with Gasteiger partial charge in [-0.1, -0.05) is 54.6 Å². The van der Waals surface area contributed by atoms with Gasteiger partial charge in [-0.15, -0.1) is 0 Å². The highest BCUT2D eigenvalue weighted by atomic mass is 19.3. The van der Waals surface area contributed by atoms with Gasteiger partial charge in [0.2, 0.25) is 5.91 Å². The average Bonchev–Trinajstić information content (AvgIpc) is 3.13. The summed E-state index contributed by atoms with van der Waals surface area (Å²) in [6.45, 7) is -0.238. The number of fused-ring (bicyclic) bond motifs is 3. The summed E-state index contributed by atoms with van der Waals surface area (Å²) in [5.41, 5.74) is 4.84. The van der Waals surface area contributed by atoms with Crippen molar-refractivity contribution in [3.05, 3.63) is 71.3 Å². The summed E-state index contributed by atoms with van der Waals surface area (Å²) in [5.74, 6) is -8.64. The number of alkyl carbamates (subject to hydrolysis) is 1. The summed E-state index contributed by atoms with van der Waals surface area (Å²) in [5, 5.41) is 14.0. The van der Waals surface area contributed by atoms with Crippen LogP contribution in [-0.2, 0) is 14.3 Å². The smallest absolute Gasteiger partial charge is 0.407 e. The summed E-state index contributed by atoms with van der Waals surface area (Å²) in [6, 6.07) is 15.7. The SMILES string of the molecule is O=C(NC1CC=C(C(=O)NCC2C(C(=O)O)C2(F)F)C1)OCC1c2ccccc2-c2ccccc21. The number of benzene rings is 2. The maximum atomic E-state index is 13.5. The Balaban J connectivity index is 1.10. The number of carbonyl (C=O) groups excluding carboxylic acids is 2. The van der Waals surface area contributed by atoms with Gasteiger partial charge < -0.3 is 20.5 Å². The van der Waals surface area contributed by atoms with Crippen molar-refractivity contribution in [2.75, 3.05) is 13.2 Å². The molecule has 3 atom stereocenters. The lowest BCUT2D eigenvalue weighted by atomic mass is 9.98. The van der Waals surface area contributed by atoms with Gasteiger partial charge >= 0.3 is 12.1 Å². The van der Waals surface area contributed by atoms with Crippen molar-refractivity contribution < 1.29 is 33.0 Å². The van der Waals surface area contributed by atoms with E-state index in [1.807, 2.05) is 36.4 Å². The van der Waals surface area contributed by atoms with Crippen LogP contribution in [0.3, 0.4) is 0 Å². The Labute approximate surface area is 200 Å². The number of alkyl halides is 2. The minimum Gasteiger partial charge on any atom is -0.481 e. The van der Waals surface area contributed by atoms with Crippen LogP contribution in [-0.4, -0.2) is 48.2 Å². The Bertz CT molecular complexity index is 1180. The van der Waals surface area contributed by atoms with Crippen LogP contribution in [0.5, 0.6) is 0 Å². The molecule has 3 aliphatic carbocycles. The van der Waals surface area contributed by atoms with E-state index in [2.05, 4.69) is 22.8 Å². The Morgan fingerprint density at radius 1 is 1.03 bits per heavy atom. The molecule has 2 aromatic carbocycles. The molecule has 0 heterocycles. The number of ether oxygens (including phenoxy) is 1. The van der Waals surface area contributed by atoms with Gasteiger partial charge in [-0.3, -0.25) is 9.59 Å². The zero-order chi connectivity index (χ0) is 24.7. The maximum absolute atomic E-state index is 13.5. The molecule has 0 spiro atoms. The second kappa shape index (κ2) is 8.79. The van der Waals surface area contributed by atoms with Crippen LogP contribution in [0.25, 0.3) is 11.1 Å². The lowest BCUT2D eigenvalue weighted by molar-refractivity contribution is -0.141. The zero-order valence-electron chi connectivity index (χ0n) is 18.7. The van der Waals surface area contributed by atoms with Crippen molar-refractivity contribution in [3.63, 3.8) is 0 Å². The molecule has 3 N–H and O–H groups in total. The van der Waals surface area contributed by atoms with Crippen molar-refractivity contribution in [2.24, 2.45) is 11.8 Å². The molecule has 2 aromatic rings. The van der Waals surface area contributed by atoms with Crippen LogP contribution in [0.15, 0.2) is 60.2 Å².